The smallest absolute Gasteiger partial charge is 0.247 e. The molecule has 0 amide bonds. The van der Waals surface area contributed by atoms with Crippen molar-refractivity contribution in [3.8, 4) is 0 Å². The Morgan fingerprint density at radius 1 is 0.556 bits per heavy atom. The first kappa shape index (κ1) is 14.5. The summed E-state index contributed by atoms with van der Waals surface area (Å²) in [5, 5.41) is 0. The van der Waals surface area contributed by atoms with Gasteiger partial charge < -0.3 is 0 Å². The van der Waals surface area contributed by atoms with E-state index >= 15 is 0 Å². The summed E-state index contributed by atoms with van der Waals surface area (Å²) in [7, 11) is 0. The molecule has 1 rings (SSSR count). The van der Waals surface area contributed by atoms with Gasteiger partial charge in [-0.05, 0) is 41.5 Å². The van der Waals surface area contributed by atoms with Crippen LogP contribution in [0, 0.1) is 0 Å². The first-order valence-electron chi connectivity index (χ1n) is 6.19. The lowest BCUT2D eigenvalue weighted by atomic mass is 10.3. The van der Waals surface area contributed by atoms with E-state index in [-0.39, 0.29) is 18.1 Å². The summed E-state index contributed by atoms with van der Waals surface area (Å²) in [6.07, 6.45) is 0. The zero-order valence-electron chi connectivity index (χ0n) is 11.8. The van der Waals surface area contributed by atoms with Crippen molar-refractivity contribution in [2.24, 2.45) is 0 Å². The van der Waals surface area contributed by atoms with Crippen molar-refractivity contribution in [3.05, 3.63) is 31.5 Å². The van der Waals surface area contributed by atoms with Crippen LogP contribution in [0.1, 0.15) is 59.7 Å². The van der Waals surface area contributed by atoms with Crippen LogP contribution in [0.3, 0.4) is 0 Å². The molecular weight excluding hydrogens is 234 g/mol. The fraction of sp³-hybridized carbons (Fsp3) is 0.750. The normalized spacial score (nSPS) is 11.8. The molecule has 0 spiro atoms. The molecule has 0 radical (unpaired) electrons. The summed E-state index contributed by atoms with van der Waals surface area (Å²) >= 11 is 0. The molecule has 6 heteroatoms. The van der Waals surface area contributed by atoms with E-state index in [2.05, 4.69) is 0 Å². The fourth-order valence-corrected chi connectivity index (χ4v) is 1.92. The summed E-state index contributed by atoms with van der Waals surface area (Å²) in [5.41, 5.74) is -1.61. The van der Waals surface area contributed by atoms with Crippen LogP contribution in [0.2, 0.25) is 0 Å². The van der Waals surface area contributed by atoms with Crippen LogP contribution < -0.4 is 17.1 Å². The van der Waals surface area contributed by atoms with E-state index in [0.717, 1.165) is 13.7 Å². The molecule has 0 N–H and O–H groups in total. The highest BCUT2D eigenvalue weighted by atomic mass is 16.2. The van der Waals surface area contributed by atoms with E-state index in [0.29, 0.717) is 0 Å². The lowest BCUT2D eigenvalue weighted by Crippen LogP contribution is -2.55. The predicted octanol–water partition coefficient (Wildman–Crippen LogP) is 0.914. The molecule has 0 aliphatic heterocycles. The molecule has 0 atom stereocenters. The van der Waals surface area contributed by atoms with Gasteiger partial charge in [-0.1, -0.05) is 0 Å². The molecule has 0 aliphatic rings. The van der Waals surface area contributed by atoms with E-state index in [9.17, 15) is 14.4 Å². The van der Waals surface area contributed by atoms with Crippen molar-refractivity contribution in [2.75, 3.05) is 0 Å². The number of nitrogens with zero attached hydrogens (tertiary/aromatic N) is 3. The van der Waals surface area contributed by atoms with Crippen LogP contribution in [0.25, 0.3) is 0 Å². The molecule has 1 aromatic heterocycles. The molecule has 0 bridgehead atoms. The van der Waals surface area contributed by atoms with Crippen LogP contribution in [-0.2, 0) is 0 Å². The standard InChI is InChI=1S/C12H21N3O3/c1-7(2)13-10(16)14(8(3)4)12(18)15(9(5)6)11(13)17/h7-9H,1-6H3. The molecule has 0 fully saturated rings. The topological polar surface area (TPSA) is 66.0 Å². The molecule has 18 heavy (non-hydrogen) atoms. The van der Waals surface area contributed by atoms with E-state index in [1.807, 2.05) is 0 Å². The largest absolute Gasteiger partial charge is 0.336 e. The van der Waals surface area contributed by atoms with Gasteiger partial charge in [0.15, 0.2) is 0 Å². The van der Waals surface area contributed by atoms with Gasteiger partial charge >= 0.3 is 17.1 Å². The zero-order chi connectivity index (χ0) is 14.2. The van der Waals surface area contributed by atoms with Crippen LogP contribution in [0.15, 0.2) is 14.4 Å². The van der Waals surface area contributed by atoms with E-state index in [1.54, 1.807) is 41.5 Å². The second-order valence-electron chi connectivity index (χ2n) is 5.24. The monoisotopic (exact) mass is 255 g/mol. The molecule has 0 aliphatic carbocycles. The molecule has 0 aromatic carbocycles. The third-order valence-electron chi connectivity index (χ3n) is 2.79. The SMILES string of the molecule is CC(C)n1c(=O)n(C(C)C)c(=O)n(C(C)C)c1=O. The van der Waals surface area contributed by atoms with Gasteiger partial charge in [-0.25, -0.2) is 28.1 Å². The Balaban J connectivity index is 3.96. The van der Waals surface area contributed by atoms with E-state index in [4.69, 9.17) is 0 Å². The highest BCUT2D eigenvalue weighted by molar-refractivity contribution is 4.84. The highest BCUT2D eigenvalue weighted by Gasteiger charge is 2.19. The van der Waals surface area contributed by atoms with E-state index < -0.39 is 17.1 Å². The Bertz CT molecular complexity index is 486. The van der Waals surface area contributed by atoms with Gasteiger partial charge in [0.25, 0.3) is 0 Å². The molecule has 0 saturated heterocycles. The van der Waals surface area contributed by atoms with Gasteiger partial charge in [0.2, 0.25) is 0 Å². The summed E-state index contributed by atoms with van der Waals surface area (Å²) in [6, 6.07) is -0.832. The number of aromatic nitrogens is 3. The van der Waals surface area contributed by atoms with Crippen LogP contribution >= 0.6 is 0 Å². The summed E-state index contributed by atoms with van der Waals surface area (Å²) in [5.74, 6) is 0. The van der Waals surface area contributed by atoms with Gasteiger partial charge in [-0.15, -0.1) is 0 Å². The van der Waals surface area contributed by atoms with Crippen LogP contribution in [0.5, 0.6) is 0 Å². The van der Waals surface area contributed by atoms with Crippen molar-refractivity contribution in [3.63, 3.8) is 0 Å². The Kier molecular flexibility index (Phi) is 3.98. The molecule has 0 saturated carbocycles. The lowest BCUT2D eigenvalue weighted by molar-refractivity contribution is 0.378. The molecule has 1 aromatic rings. The number of hydrogen-bond donors (Lipinski definition) is 0. The fourth-order valence-electron chi connectivity index (χ4n) is 1.92. The highest BCUT2D eigenvalue weighted by Crippen LogP contribution is 2.00. The lowest BCUT2D eigenvalue weighted by Gasteiger charge is -2.19. The molecule has 102 valence electrons. The zero-order valence-corrected chi connectivity index (χ0v) is 11.8. The Labute approximate surface area is 105 Å². The van der Waals surface area contributed by atoms with Gasteiger partial charge in [-0.3, -0.25) is 0 Å². The number of rotatable bonds is 3. The maximum Gasteiger partial charge on any atom is 0.336 e. The minimum absolute atomic E-state index is 0.277. The van der Waals surface area contributed by atoms with Crippen LogP contribution in [0.4, 0.5) is 0 Å². The third kappa shape index (κ3) is 2.19. The van der Waals surface area contributed by atoms with Crippen molar-refractivity contribution < 1.29 is 0 Å². The van der Waals surface area contributed by atoms with Crippen molar-refractivity contribution in [2.45, 2.75) is 59.7 Å². The summed E-state index contributed by atoms with van der Waals surface area (Å²) in [4.78, 5) is 36.5. The first-order valence-corrected chi connectivity index (χ1v) is 6.19. The molecular formula is C12H21N3O3. The van der Waals surface area contributed by atoms with Gasteiger partial charge in [0.1, 0.15) is 0 Å². The van der Waals surface area contributed by atoms with Crippen molar-refractivity contribution in [1.29, 1.82) is 0 Å². The average molecular weight is 255 g/mol. The average Bonchev–Trinajstić information content (AvgIpc) is 2.14. The maximum absolute atomic E-state index is 12.2. The predicted molar refractivity (Wildman–Crippen MR) is 70.4 cm³/mol. The summed E-state index contributed by atoms with van der Waals surface area (Å²) < 4.78 is 3.38. The second kappa shape index (κ2) is 4.96. The minimum atomic E-state index is -0.535. The first-order chi connectivity index (χ1) is 8.20. The molecule has 6 nitrogen and oxygen atoms in total. The quantitative estimate of drug-likeness (QED) is 0.806. The van der Waals surface area contributed by atoms with Gasteiger partial charge in [-0.2, -0.15) is 0 Å². The number of hydrogen-bond acceptors (Lipinski definition) is 3. The summed E-state index contributed by atoms with van der Waals surface area (Å²) in [6.45, 7) is 10.5. The van der Waals surface area contributed by atoms with Gasteiger partial charge in [0.05, 0.1) is 0 Å². The Hall–Kier alpha value is -1.59. The second-order valence-corrected chi connectivity index (χ2v) is 5.24. The van der Waals surface area contributed by atoms with Crippen LogP contribution in [-0.4, -0.2) is 13.7 Å². The van der Waals surface area contributed by atoms with Crippen molar-refractivity contribution in [1.82, 2.24) is 13.7 Å². The van der Waals surface area contributed by atoms with Crippen molar-refractivity contribution >= 4 is 0 Å². The Morgan fingerprint density at radius 3 is 0.833 bits per heavy atom. The maximum atomic E-state index is 12.2. The molecule has 1 heterocycles. The van der Waals surface area contributed by atoms with E-state index in [1.165, 1.54) is 0 Å². The minimum Gasteiger partial charge on any atom is -0.247 e. The van der Waals surface area contributed by atoms with Gasteiger partial charge in [0, 0.05) is 18.1 Å². The molecule has 0 unspecified atom stereocenters. The Morgan fingerprint density at radius 2 is 0.722 bits per heavy atom. The third-order valence-corrected chi connectivity index (χ3v) is 2.79.